The number of aryl methyl sites for hydroxylation is 1. The quantitative estimate of drug-likeness (QED) is 0.366. The minimum Gasteiger partial charge on any atom is -0.491 e. The van der Waals surface area contributed by atoms with Crippen molar-refractivity contribution in [1.29, 1.82) is 0 Å². The largest absolute Gasteiger partial charge is 0.491 e. The number of nitrogen functional groups attached to an aromatic ring is 3. The first kappa shape index (κ1) is 19.6. The molecule has 2 aromatic carbocycles. The molecule has 8 heteroatoms. The molecule has 0 bridgehead atoms. The van der Waals surface area contributed by atoms with E-state index < -0.39 is 10.1 Å². The molecule has 0 fully saturated rings. The molecule has 2 rings (SSSR count). The van der Waals surface area contributed by atoms with Crippen molar-refractivity contribution < 1.29 is 17.7 Å². The van der Waals surface area contributed by atoms with E-state index in [0.29, 0.717) is 17.1 Å². The Labute approximate surface area is 142 Å². The Morgan fingerprint density at radius 3 is 2.17 bits per heavy atom. The van der Waals surface area contributed by atoms with Crippen LogP contribution in [0.3, 0.4) is 0 Å². The lowest BCUT2D eigenvalue weighted by Gasteiger charge is -2.10. The highest BCUT2D eigenvalue weighted by Crippen LogP contribution is 2.27. The van der Waals surface area contributed by atoms with Crippen LogP contribution < -0.4 is 21.9 Å². The third kappa shape index (κ3) is 7.70. The van der Waals surface area contributed by atoms with Crippen molar-refractivity contribution >= 4 is 27.2 Å². The Morgan fingerprint density at radius 2 is 1.67 bits per heavy atom. The average molecular weight is 353 g/mol. The first-order chi connectivity index (χ1) is 11.2. The summed E-state index contributed by atoms with van der Waals surface area (Å²) in [5.41, 5.74) is 19.4. The lowest BCUT2D eigenvalue weighted by Crippen LogP contribution is -2.09. The van der Waals surface area contributed by atoms with Gasteiger partial charge in [-0.1, -0.05) is 18.2 Å². The second kappa shape index (κ2) is 8.99. The molecule has 0 atom stereocenters. The summed E-state index contributed by atoms with van der Waals surface area (Å²) in [6.07, 6.45) is 0.187. The van der Waals surface area contributed by atoms with Gasteiger partial charge >= 0.3 is 0 Å². The lowest BCUT2D eigenvalue weighted by atomic mass is 10.1. The zero-order valence-corrected chi connectivity index (χ0v) is 14.3. The van der Waals surface area contributed by atoms with Crippen LogP contribution in [-0.2, 0) is 10.1 Å². The predicted molar refractivity (Wildman–Crippen MR) is 97.4 cm³/mol. The maximum absolute atomic E-state index is 10.5. The van der Waals surface area contributed by atoms with E-state index in [9.17, 15) is 8.42 Å². The summed E-state index contributed by atoms with van der Waals surface area (Å²) >= 11 is 0. The van der Waals surface area contributed by atoms with E-state index in [0.717, 1.165) is 11.3 Å². The van der Waals surface area contributed by atoms with Crippen LogP contribution in [0.4, 0.5) is 17.1 Å². The first-order valence-corrected chi connectivity index (χ1v) is 8.84. The summed E-state index contributed by atoms with van der Waals surface area (Å²) in [6.45, 7) is 1.97. The molecule has 0 radical (unpaired) electrons. The maximum atomic E-state index is 10.5. The molecule has 2 aromatic rings. The van der Waals surface area contributed by atoms with Gasteiger partial charge in [0.2, 0.25) is 0 Å². The van der Waals surface area contributed by atoms with E-state index in [1.165, 1.54) is 0 Å². The van der Waals surface area contributed by atoms with E-state index in [1.54, 1.807) is 12.1 Å². The Bertz CT molecular complexity index is 749. The van der Waals surface area contributed by atoms with Crippen LogP contribution in [0.15, 0.2) is 42.5 Å². The van der Waals surface area contributed by atoms with Crippen LogP contribution in [0.5, 0.6) is 5.75 Å². The van der Waals surface area contributed by atoms with Gasteiger partial charge in [0.25, 0.3) is 10.1 Å². The molecule has 7 nitrogen and oxygen atoms in total. The fourth-order valence-corrected chi connectivity index (χ4v) is 2.21. The summed E-state index contributed by atoms with van der Waals surface area (Å²) in [6, 6.07) is 12.8. The van der Waals surface area contributed by atoms with Gasteiger partial charge in [0.1, 0.15) is 5.75 Å². The minimum absolute atomic E-state index is 0.145. The Kier molecular flexibility index (Phi) is 7.34. The van der Waals surface area contributed by atoms with E-state index in [2.05, 4.69) is 0 Å². The summed E-state index contributed by atoms with van der Waals surface area (Å²) in [5.74, 6) is 0.0808. The summed E-state index contributed by atoms with van der Waals surface area (Å²) < 4.78 is 34.7. The third-order valence-electron chi connectivity index (χ3n) is 3.00. The van der Waals surface area contributed by atoms with Crippen LogP contribution in [0.2, 0.25) is 0 Å². The van der Waals surface area contributed by atoms with Crippen LogP contribution in [-0.4, -0.2) is 25.3 Å². The highest BCUT2D eigenvalue weighted by molar-refractivity contribution is 7.85. The molecule has 0 aromatic heterocycles. The highest BCUT2D eigenvalue weighted by Gasteiger charge is 2.06. The van der Waals surface area contributed by atoms with Gasteiger partial charge < -0.3 is 21.9 Å². The fourth-order valence-electron chi connectivity index (χ4n) is 1.73. The number of hydrogen-bond acceptors (Lipinski definition) is 6. The number of rotatable bonds is 5. The van der Waals surface area contributed by atoms with Crippen molar-refractivity contribution in [3.8, 4) is 5.75 Å². The molecule has 0 amide bonds. The number of benzene rings is 2. The van der Waals surface area contributed by atoms with Crippen LogP contribution in [0.25, 0.3) is 0 Å². The Morgan fingerprint density at radius 1 is 1.04 bits per heavy atom. The van der Waals surface area contributed by atoms with Gasteiger partial charge in [0, 0.05) is 17.4 Å². The van der Waals surface area contributed by atoms with Crippen molar-refractivity contribution in [2.24, 2.45) is 0 Å². The number of anilines is 3. The second-order valence-electron chi connectivity index (χ2n) is 5.15. The van der Waals surface area contributed by atoms with Crippen molar-refractivity contribution in [3.05, 3.63) is 48.0 Å². The van der Waals surface area contributed by atoms with E-state index in [4.69, 9.17) is 26.5 Å². The second-order valence-corrected chi connectivity index (χ2v) is 6.72. The smallest absolute Gasteiger partial charge is 0.264 e. The predicted octanol–water partition coefficient (Wildman–Crippen LogP) is 2.08. The van der Waals surface area contributed by atoms with Gasteiger partial charge in [-0.15, -0.1) is 0 Å². The van der Waals surface area contributed by atoms with Gasteiger partial charge in [0.15, 0.2) is 0 Å². The Balaban J connectivity index is 0.000000341. The lowest BCUT2D eigenvalue weighted by molar-refractivity contribution is 0.318. The first-order valence-electron chi connectivity index (χ1n) is 7.23. The van der Waals surface area contributed by atoms with Gasteiger partial charge in [-0.2, -0.15) is 8.42 Å². The van der Waals surface area contributed by atoms with Gasteiger partial charge in [-0.05, 0) is 37.1 Å². The number of para-hydroxylation sites is 1. The summed E-state index contributed by atoms with van der Waals surface area (Å²) in [5, 5.41) is 0. The number of nitrogens with two attached hydrogens (primary N) is 3. The van der Waals surface area contributed by atoms with Crippen LogP contribution in [0, 0.1) is 6.92 Å². The molecule has 24 heavy (non-hydrogen) atoms. The molecule has 132 valence electrons. The molecule has 0 saturated heterocycles. The van der Waals surface area contributed by atoms with Gasteiger partial charge in [-0.25, -0.2) is 0 Å². The monoisotopic (exact) mass is 353 g/mol. The average Bonchev–Trinajstić information content (AvgIpc) is 2.49. The molecule has 0 heterocycles. The minimum atomic E-state index is -3.94. The summed E-state index contributed by atoms with van der Waals surface area (Å²) in [4.78, 5) is 0. The van der Waals surface area contributed by atoms with E-state index in [-0.39, 0.29) is 18.8 Å². The zero-order valence-electron chi connectivity index (χ0n) is 13.5. The molecular weight excluding hydrogens is 330 g/mol. The molecule has 0 aliphatic rings. The van der Waals surface area contributed by atoms with Crippen molar-refractivity contribution in [2.75, 3.05) is 29.6 Å². The molecule has 0 aliphatic heterocycles. The van der Waals surface area contributed by atoms with E-state index >= 15 is 0 Å². The topological polar surface area (TPSA) is 142 Å². The van der Waals surface area contributed by atoms with Gasteiger partial charge in [-0.3, -0.25) is 4.55 Å². The molecule has 0 saturated carbocycles. The number of ether oxygens (including phenoxy) is 1. The molecule has 0 aliphatic carbocycles. The van der Waals surface area contributed by atoms with E-state index in [1.807, 2.05) is 37.3 Å². The summed E-state index contributed by atoms with van der Waals surface area (Å²) in [7, 11) is -3.94. The van der Waals surface area contributed by atoms with Crippen LogP contribution >= 0.6 is 0 Å². The molecular formula is C16H23N3O4S. The fraction of sp³-hybridized carbons (Fsp3) is 0.250. The third-order valence-corrected chi connectivity index (χ3v) is 3.81. The highest BCUT2D eigenvalue weighted by atomic mass is 32.2. The Hall–Kier alpha value is -2.45. The van der Waals surface area contributed by atoms with Crippen molar-refractivity contribution in [1.82, 2.24) is 0 Å². The zero-order chi connectivity index (χ0) is 18.2. The normalized spacial score (nSPS) is 10.6. The van der Waals surface area contributed by atoms with Crippen molar-refractivity contribution in [3.63, 3.8) is 0 Å². The van der Waals surface area contributed by atoms with Crippen LogP contribution in [0.1, 0.15) is 12.0 Å². The molecule has 7 N–H and O–H groups in total. The molecule has 0 spiro atoms. The van der Waals surface area contributed by atoms with Gasteiger partial charge in [0.05, 0.1) is 18.0 Å². The maximum Gasteiger partial charge on any atom is 0.264 e. The van der Waals surface area contributed by atoms with Crippen molar-refractivity contribution in [2.45, 2.75) is 13.3 Å². The number of hydrogen-bond donors (Lipinski definition) is 4. The SMILES string of the molecule is Cc1cc(N)c(OCCCS(=O)(=O)O)cc1N.Nc1ccccc1. The standard InChI is InChI=1S/C10H16N2O4S.C6H7N/c1-7-5-9(12)10(6-8(7)11)16-3-2-4-17(13,14)15;7-6-4-2-1-3-5-6/h5-6H,2-4,11-12H2,1H3,(H,13,14,15);1-5H,7H2. The molecule has 0 unspecified atom stereocenters.